The zero-order valence-electron chi connectivity index (χ0n) is 13.7. The third-order valence-corrected chi connectivity index (χ3v) is 4.15. The second-order valence-electron chi connectivity index (χ2n) is 5.85. The highest BCUT2D eigenvalue weighted by molar-refractivity contribution is 5.85. The molecule has 0 radical (unpaired) electrons. The van der Waals surface area contributed by atoms with Gasteiger partial charge in [0.05, 0.1) is 13.0 Å². The molecule has 0 bridgehead atoms. The van der Waals surface area contributed by atoms with Gasteiger partial charge in [0.15, 0.2) is 0 Å². The van der Waals surface area contributed by atoms with Crippen molar-refractivity contribution in [1.82, 2.24) is 10.2 Å². The first kappa shape index (κ1) is 18.8. The van der Waals surface area contributed by atoms with E-state index in [2.05, 4.69) is 18.3 Å². The first-order chi connectivity index (χ1) is 10.1. The smallest absolute Gasteiger partial charge is 0.225 e. The summed E-state index contributed by atoms with van der Waals surface area (Å²) in [6.07, 6.45) is 2.52. The number of halogens is 1. The van der Waals surface area contributed by atoms with Crippen LogP contribution in [-0.2, 0) is 4.79 Å². The van der Waals surface area contributed by atoms with E-state index in [9.17, 15) is 4.79 Å². The lowest BCUT2D eigenvalue weighted by molar-refractivity contribution is -0.132. The highest BCUT2D eigenvalue weighted by Crippen LogP contribution is 2.19. The summed E-state index contributed by atoms with van der Waals surface area (Å²) in [6, 6.07) is 6.48. The lowest BCUT2D eigenvalue weighted by Crippen LogP contribution is -2.44. The Hall–Kier alpha value is -1.26. The first-order valence-corrected chi connectivity index (χ1v) is 7.74. The van der Waals surface area contributed by atoms with Gasteiger partial charge in [-0.2, -0.15) is 0 Å². The van der Waals surface area contributed by atoms with E-state index in [1.165, 1.54) is 5.56 Å². The minimum atomic E-state index is 0. The summed E-state index contributed by atoms with van der Waals surface area (Å²) in [5, 5.41) is 3.32. The Balaban J connectivity index is 0.00000242. The maximum absolute atomic E-state index is 12.2. The van der Waals surface area contributed by atoms with Crippen LogP contribution in [0.25, 0.3) is 0 Å². The highest BCUT2D eigenvalue weighted by Gasteiger charge is 2.21. The summed E-state index contributed by atoms with van der Waals surface area (Å²) >= 11 is 0. The Morgan fingerprint density at radius 3 is 2.64 bits per heavy atom. The Morgan fingerprint density at radius 1 is 1.32 bits per heavy atom. The van der Waals surface area contributed by atoms with Crippen LogP contribution in [0.1, 0.15) is 30.4 Å². The second-order valence-corrected chi connectivity index (χ2v) is 5.85. The number of rotatable bonds is 5. The second kappa shape index (κ2) is 9.01. The standard InChI is InChI=1S/C17H26N2O2.ClH/c1-13-4-5-16(14(2)12-13)21-11-8-17(20)19(3)15-6-9-18-10-7-15;/h4-5,12,15,18H,6-11H2,1-3H3;1H. The molecule has 0 unspecified atom stereocenters. The van der Waals surface area contributed by atoms with E-state index in [1.807, 2.05) is 31.0 Å². The van der Waals surface area contributed by atoms with Crippen molar-refractivity contribution in [3.05, 3.63) is 29.3 Å². The molecule has 0 aliphatic carbocycles. The number of ether oxygens (including phenoxy) is 1. The van der Waals surface area contributed by atoms with Gasteiger partial charge < -0.3 is 15.0 Å². The van der Waals surface area contributed by atoms with Crippen molar-refractivity contribution < 1.29 is 9.53 Å². The number of aryl methyl sites for hydroxylation is 2. The molecule has 1 fully saturated rings. The molecule has 1 aromatic carbocycles. The molecule has 1 amide bonds. The van der Waals surface area contributed by atoms with Crippen molar-refractivity contribution in [3.63, 3.8) is 0 Å². The summed E-state index contributed by atoms with van der Waals surface area (Å²) in [7, 11) is 1.91. The van der Waals surface area contributed by atoms with Crippen LogP contribution in [0.3, 0.4) is 0 Å². The summed E-state index contributed by atoms with van der Waals surface area (Å²) in [5.74, 6) is 1.05. The average molecular weight is 327 g/mol. The number of benzene rings is 1. The number of carbonyl (C=O) groups excluding carboxylic acids is 1. The molecule has 2 rings (SSSR count). The number of piperidine rings is 1. The fourth-order valence-electron chi connectivity index (χ4n) is 2.78. The van der Waals surface area contributed by atoms with Gasteiger partial charge in [0, 0.05) is 13.1 Å². The SMILES string of the molecule is Cc1ccc(OCCC(=O)N(C)C2CCNCC2)c(C)c1.Cl. The van der Waals surface area contributed by atoms with Crippen LogP contribution in [-0.4, -0.2) is 43.6 Å². The predicted molar refractivity (Wildman–Crippen MR) is 91.9 cm³/mol. The highest BCUT2D eigenvalue weighted by atomic mass is 35.5. The monoisotopic (exact) mass is 326 g/mol. The third kappa shape index (κ3) is 5.18. The van der Waals surface area contributed by atoms with Crippen LogP contribution in [0.15, 0.2) is 18.2 Å². The molecule has 1 aliphatic heterocycles. The number of nitrogens with zero attached hydrogens (tertiary/aromatic N) is 1. The minimum Gasteiger partial charge on any atom is -0.493 e. The summed E-state index contributed by atoms with van der Waals surface area (Å²) in [6.45, 7) is 6.54. The molecule has 1 aliphatic rings. The van der Waals surface area contributed by atoms with Crippen molar-refractivity contribution in [2.75, 3.05) is 26.7 Å². The van der Waals surface area contributed by atoms with Gasteiger partial charge in [-0.3, -0.25) is 4.79 Å². The third-order valence-electron chi connectivity index (χ3n) is 4.15. The molecule has 1 saturated heterocycles. The van der Waals surface area contributed by atoms with Gasteiger partial charge in [-0.15, -0.1) is 12.4 Å². The predicted octanol–water partition coefficient (Wildman–Crippen LogP) is 2.70. The Labute approximate surface area is 139 Å². The van der Waals surface area contributed by atoms with Gasteiger partial charge >= 0.3 is 0 Å². The van der Waals surface area contributed by atoms with Gasteiger partial charge in [0.1, 0.15) is 5.75 Å². The van der Waals surface area contributed by atoms with E-state index >= 15 is 0 Å². The summed E-state index contributed by atoms with van der Waals surface area (Å²) < 4.78 is 5.74. The van der Waals surface area contributed by atoms with Crippen molar-refractivity contribution in [3.8, 4) is 5.75 Å². The summed E-state index contributed by atoms with van der Waals surface area (Å²) in [4.78, 5) is 14.1. The maximum atomic E-state index is 12.2. The molecule has 5 heteroatoms. The van der Waals surface area contributed by atoms with E-state index in [4.69, 9.17) is 4.74 Å². The lowest BCUT2D eigenvalue weighted by Gasteiger charge is -2.31. The number of amides is 1. The molecule has 1 aromatic rings. The molecule has 0 spiro atoms. The first-order valence-electron chi connectivity index (χ1n) is 7.74. The molecular weight excluding hydrogens is 300 g/mol. The van der Waals surface area contributed by atoms with Crippen LogP contribution >= 0.6 is 12.4 Å². The van der Waals surface area contributed by atoms with Crippen molar-refractivity contribution in [1.29, 1.82) is 0 Å². The minimum absolute atomic E-state index is 0. The zero-order valence-corrected chi connectivity index (χ0v) is 14.5. The molecule has 1 N–H and O–H groups in total. The van der Waals surface area contributed by atoms with Crippen LogP contribution in [0.4, 0.5) is 0 Å². The molecular formula is C17H27ClN2O2. The average Bonchev–Trinajstić information content (AvgIpc) is 2.49. The van der Waals surface area contributed by atoms with E-state index in [0.717, 1.165) is 37.2 Å². The van der Waals surface area contributed by atoms with E-state index in [-0.39, 0.29) is 18.3 Å². The fourth-order valence-corrected chi connectivity index (χ4v) is 2.78. The van der Waals surface area contributed by atoms with Gasteiger partial charge in [0.25, 0.3) is 0 Å². The Bertz CT molecular complexity index is 488. The largest absolute Gasteiger partial charge is 0.493 e. The van der Waals surface area contributed by atoms with E-state index in [0.29, 0.717) is 19.1 Å². The lowest BCUT2D eigenvalue weighted by atomic mass is 10.1. The number of hydrogen-bond donors (Lipinski definition) is 1. The van der Waals surface area contributed by atoms with E-state index in [1.54, 1.807) is 0 Å². The van der Waals surface area contributed by atoms with Crippen molar-refractivity contribution in [2.24, 2.45) is 0 Å². The molecule has 0 saturated carbocycles. The fraction of sp³-hybridized carbons (Fsp3) is 0.588. The molecule has 22 heavy (non-hydrogen) atoms. The Morgan fingerprint density at radius 2 is 2.00 bits per heavy atom. The Kier molecular flexibility index (Phi) is 7.69. The van der Waals surface area contributed by atoms with Crippen LogP contribution < -0.4 is 10.1 Å². The van der Waals surface area contributed by atoms with Crippen LogP contribution in [0, 0.1) is 13.8 Å². The zero-order chi connectivity index (χ0) is 15.2. The molecule has 124 valence electrons. The quantitative estimate of drug-likeness (QED) is 0.904. The topological polar surface area (TPSA) is 41.6 Å². The molecule has 1 heterocycles. The number of hydrogen-bond acceptors (Lipinski definition) is 3. The maximum Gasteiger partial charge on any atom is 0.225 e. The molecule has 0 atom stereocenters. The van der Waals surface area contributed by atoms with Crippen molar-refractivity contribution in [2.45, 2.75) is 39.2 Å². The van der Waals surface area contributed by atoms with Crippen molar-refractivity contribution >= 4 is 18.3 Å². The van der Waals surface area contributed by atoms with E-state index < -0.39 is 0 Å². The molecule has 4 nitrogen and oxygen atoms in total. The van der Waals surface area contributed by atoms with Gasteiger partial charge in [-0.05, 0) is 51.4 Å². The van der Waals surface area contributed by atoms with Crippen LogP contribution in [0.2, 0.25) is 0 Å². The van der Waals surface area contributed by atoms with Gasteiger partial charge in [-0.25, -0.2) is 0 Å². The number of carbonyl (C=O) groups is 1. The van der Waals surface area contributed by atoms with Crippen LogP contribution in [0.5, 0.6) is 5.75 Å². The molecule has 0 aromatic heterocycles. The summed E-state index contributed by atoms with van der Waals surface area (Å²) in [5.41, 5.74) is 2.34. The number of nitrogens with one attached hydrogen (secondary N) is 1. The normalized spacial score (nSPS) is 15.0. The van der Waals surface area contributed by atoms with Gasteiger partial charge in [0.2, 0.25) is 5.91 Å². The van der Waals surface area contributed by atoms with Gasteiger partial charge in [-0.1, -0.05) is 17.7 Å².